The molecule has 2 atom stereocenters. The van der Waals surface area contributed by atoms with Crippen LogP contribution in [0, 0.1) is 0 Å². The third-order valence-electron chi connectivity index (χ3n) is 4.18. The topological polar surface area (TPSA) is 74.2 Å². The summed E-state index contributed by atoms with van der Waals surface area (Å²) in [5.41, 5.74) is 0.606. The molecule has 0 spiro atoms. The maximum absolute atomic E-state index is 13.0. The van der Waals surface area contributed by atoms with Gasteiger partial charge in [0, 0.05) is 19.8 Å². The van der Waals surface area contributed by atoms with E-state index in [1.54, 1.807) is 36.4 Å². The molecule has 0 saturated carbocycles. The molecule has 0 amide bonds. The second-order valence-electron chi connectivity index (χ2n) is 5.33. The van der Waals surface area contributed by atoms with Gasteiger partial charge in [0.05, 0.1) is 12.7 Å². The molecule has 2 aromatic carbocycles. The lowest BCUT2D eigenvalue weighted by Gasteiger charge is -2.46. The molecule has 24 heavy (non-hydrogen) atoms. The number of rotatable bonds is 4. The summed E-state index contributed by atoms with van der Waals surface area (Å²) in [4.78, 5) is 13.0. The summed E-state index contributed by atoms with van der Waals surface area (Å²) in [5, 5.41) is 11.1. The molecule has 2 aromatic rings. The first-order valence-corrected chi connectivity index (χ1v) is 7.32. The Kier molecular flexibility index (Phi) is 4.04. The van der Waals surface area contributed by atoms with E-state index in [2.05, 4.69) is 0 Å². The third-order valence-corrected chi connectivity index (χ3v) is 4.18. The molecule has 6 heteroatoms. The number of methoxy groups -OCH3 is 3. The third kappa shape index (κ3) is 2.11. The van der Waals surface area contributed by atoms with Crippen molar-refractivity contribution in [2.45, 2.75) is 11.6 Å². The highest BCUT2D eigenvalue weighted by atomic mass is 16.8. The van der Waals surface area contributed by atoms with Gasteiger partial charge in [0.15, 0.2) is 0 Å². The van der Waals surface area contributed by atoms with Gasteiger partial charge in [-0.2, -0.15) is 0 Å². The van der Waals surface area contributed by atoms with Gasteiger partial charge in [-0.15, -0.1) is 0 Å². The van der Waals surface area contributed by atoms with Gasteiger partial charge in [0.25, 0.3) is 5.79 Å². The van der Waals surface area contributed by atoms with Crippen LogP contribution >= 0.6 is 0 Å². The number of hydrogen-bond acceptors (Lipinski definition) is 6. The highest BCUT2D eigenvalue weighted by Gasteiger charge is 2.64. The number of carbonyl (C=O) groups is 1. The Balaban J connectivity index is 2.25. The van der Waals surface area contributed by atoms with Crippen molar-refractivity contribution in [2.24, 2.45) is 0 Å². The molecule has 0 aliphatic carbocycles. The molecule has 0 bridgehead atoms. The van der Waals surface area contributed by atoms with Crippen molar-refractivity contribution in [1.29, 1.82) is 0 Å². The maximum atomic E-state index is 13.0. The fourth-order valence-corrected chi connectivity index (χ4v) is 2.90. The van der Waals surface area contributed by atoms with E-state index in [0.717, 1.165) is 0 Å². The van der Waals surface area contributed by atoms with Crippen molar-refractivity contribution in [3.8, 4) is 11.5 Å². The van der Waals surface area contributed by atoms with E-state index in [4.69, 9.17) is 18.9 Å². The second-order valence-corrected chi connectivity index (χ2v) is 5.33. The smallest absolute Gasteiger partial charge is 0.304 e. The van der Waals surface area contributed by atoms with Crippen LogP contribution in [0.2, 0.25) is 0 Å². The minimum absolute atomic E-state index is 0.155. The molecule has 1 N–H and O–H groups in total. The summed E-state index contributed by atoms with van der Waals surface area (Å²) < 4.78 is 21.8. The largest absolute Gasteiger partial charge is 0.497 e. The number of Topliss-reactive ketones (excluding diaryl/α,β-unsaturated/α-hetero) is 1. The zero-order valence-electron chi connectivity index (χ0n) is 13.6. The number of ketones is 1. The molecular weight excluding hydrogens is 312 g/mol. The van der Waals surface area contributed by atoms with Gasteiger partial charge in [-0.1, -0.05) is 30.3 Å². The molecule has 1 heterocycles. The van der Waals surface area contributed by atoms with E-state index in [1.807, 2.05) is 6.07 Å². The lowest BCUT2D eigenvalue weighted by Crippen LogP contribution is -2.64. The number of fused-ring (bicyclic) bond motifs is 1. The minimum Gasteiger partial charge on any atom is -0.497 e. The lowest BCUT2D eigenvalue weighted by atomic mass is 9.86. The van der Waals surface area contributed by atoms with Crippen molar-refractivity contribution in [2.75, 3.05) is 21.3 Å². The Morgan fingerprint density at radius 2 is 1.71 bits per heavy atom. The van der Waals surface area contributed by atoms with Crippen LogP contribution in [-0.4, -0.2) is 38.0 Å². The predicted octanol–water partition coefficient (Wildman–Crippen LogP) is 2.10. The van der Waals surface area contributed by atoms with E-state index < -0.39 is 17.4 Å². The standard InChI is InChI=1S/C18H18O6/c1-21-13-9-10-15-14(11-13)16(19)17(20,22-2)18(23-3,24-15)12-7-5-4-6-8-12/h4-11,20H,1-3H3. The zero-order chi connectivity index (χ0) is 17.4. The highest BCUT2D eigenvalue weighted by molar-refractivity contribution is 6.05. The van der Waals surface area contributed by atoms with Gasteiger partial charge >= 0.3 is 5.79 Å². The van der Waals surface area contributed by atoms with Crippen LogP contribution in [0.25, 0.3) is 0 Å². The van der Waals surface area contributed by atoms with E-state index in [9.17, 15) is 9.90 Å². The second kappa shape index (κ2) is 5.90. The first-order valence-electron chi connectivity index (χ1n) is 7.32. The fraction of sp³-hybridized carbons (Fsp3) is 0.278. The Bertz CT molecular complexity index is 759. The van der Waals surface area contributed by atoms with Crippen LogP contribution in [0.5, 0.6) is 11.5 Å². The molecule has 1 aliphatic heterocycles. The molecule has 0 aromatic heterocycles. The number of ether oxygens (including phenoxy) is 4. The SMILES string of the molecule is COc1ccc2c(c1)C(=O)C(O)(OC)C(OC)(c1ccccc1)O2. The van der Waals surface area contributed by atoms with Crippen molar-refractivity contribution in [3.63, 3.8) is 0 Å². The number of aliphatic hydroxyl groups is 1. The highest BCUT2D eigenvalue weighted by Crippen LogP contribution is 2.47. The first-order chi connectivity index (χ1) is 11.5. The summed E-state index contributed by atoms with van der Waals surface area (Å²) >= 11 is 0. The molecule has 0 fully saturated rings. The number of hydrogen-bond donors (Lipinski definition) is 1. The van der Waals surface area contributed by atoms with Crippen LogP contribution in [-0.2, 0) is 15.3 Å². The summed E-state index contributed by atoms with van der Waals surface area (Å²) in [5.74, 6) is -4.12. The molecule has 1 aliphatic rings. The van der Waals surface area contributed by atoms with Crippen molar-refractivity contribution >= 4 is 5.78 Å². The van der Waals surface area contributed by atoms with Gasteiger partial charge in [-0.25, -0.2) is 0 Å². The Labute approximate surface area is 139 Å². The molecule has 0 saturated heterocycles. The van der Waals surface area contributed by atoms with Crippen LogP contribution < -0.4 is 9.47 Å². The fourth-order valence-electron chi connectivity index (χ4n) is 2.90. The first kappa shape index (κ1) is 16.4. The van der Waals surface area contributed by atoms with Crippen molar-refractivity contribution in [3.05, 3.63) is 59.7 Å². The van der Waals surface area contributed by atoms with Crippen LogP contribution in [0.3, 0.4) is 0 Å². The Morgan fingerprint density at radius 1 is 1.00 bits per heavy atom. The summed E-state index contributed by atoms with van der Waals surface area (Å²) in [6, 6.07) is 13.4. The van der Waals surface area contributed by atoms with E-state index in [-0.39, 0.29) is 11.3 Å². The van der Waals surface area contributed by atoms with E-state index >= 15 is 0 Å². The summed E-state index contributed by atoms with van der Waals surface area (Å²) in [7, 11) is 4.06. The monoisotopic (exact) mass is 330 g/mol. The molecule has 6 nitrogen and oxygen atoms in total. The molecule has 0 radical (unpaired) electrons. The van der Waals surface area contributed by atoms with Gasteiger partial charge in [-0.3, -0.25) is 4.79 Å². The lowest BCUT2D eigenvalue weighted by molar-refractivity contribution is -0.346. The van der Waals surface area contributed by atoms with Gasteiger partial charge < -0.3 is 24.1 Å². The summed E-state index contributed by atoms with van der Waals surface area (Å²) in [6.07, 6.45) is 0. The maximum Gasteiger partial charge on any atom is 0.304 e. The minimum atomic E-state index is -2.36. The van der Waals surface area contributed by atoms with Crippen LogP contribution in [0.15, 0.2) is 48.5 Å². The Hall–Kier alpha value is -2.41. The molecular formula is C18H18O6. The van der Waals surface area contributed by atoms with Crippen molar-refractivity contribution < 1.29 is 28.8 Å². The normalized spacial score (nSPS) is 25.8. The quantitative estimate of drug-likeness (QED) is 0.866. The van der Waals surface area contributed by atoms with Crippen molar-refractivity contribution in [1.82, 2.24) is 0 Å². The van der Waals surface area contributed by atoms with Crippen LogP contribution in [0.1, 0.15) is 15.9 Å². The number of carbonyl (C=O) groups excluding carboxylic acids is 1. The molecule has 3 rings (SSSR count). The zero-order valence-corrected chi connectivity index (χ0v) is 13.6. The van der Waals surface area contributed by atoms with E-state index in [1.165, 1.54) is 27.4 Å². The molecule has 126 valence electrons. The predicted molar refractivity (Wildman–Crippen MR) is 85.0 cm³/mol. The van der Waals surface area contributed by atoms with Gasteiger partial charge in [0.2, 0.25) is 5.78 Å². The average Bonchev–Trinajstić information content (AvgIpc) is 2.65. The van der Waals surface area contributed by atoms with Gasteiger partial charge in [0.1, 0.15) is 11.5 Å². The van der Waals surface area contributed by atoms with Gasteiger partial charge in [-0.05, 0) is 18.2 Å². The number of benzene rings is 2. The average molecular weight is 330 g/mol. The summed E-state index contributed by atoms with van der Waals surface area (Å²) in [6.45, 7) is 0. The molecule has 2 unspecified atom stereocenters. The van der Waals surface area contributed by atoms with E-state index in [0.29, 0.717) is 11.3 Å². The van der Waals surface area contributed by atoms with Crippen LogP contribution in [0.4, 0.5) is 0 Å². The Morgan fingerprint density at radius 3 is 2.29 bits per heavy atom.